The third-order valence-electron chi connectivity index (χ3n) is 2.89. The highest BCUT2D eigenvalue weighted by Gasteiger charge is 2.43. The molecule has 0 aromatic heterocycles. The fraction of sp³-hybridized carbons (Fsp3) is 0.667. The number of piperidine rings is 1. The Balaban J connectivity index is 2.06. The summed E-state index contributed by atoms with van der Waals surface area (Å²) in [5, 5.41) is 8.28. The average Bonchev–Trinajstić information content (AvgIpc) is 2.59. The minimum atomic E-state index is -1.51. The lowest BCUT2D eigenvalue weighted by molar-refractivity contribution is -0.128. The third kappa shape index (κ3) is 2.21. The van der Waals surface area contributed by atoms with Crippen LogP contribution < -0.4 is 0 Å². The Morgan fingerprint density at radius 2 is 2.18 bits per heavy atom. The van der Waals surface area contributed by atoms with Crippen LogP contribution in [-0.4, -0.2) is 63.2 Å². The van der Waals surface area contributed by atoms with Crippen molar-refractivity contribution in [2.45, 2.75) is 18.6 Å². The van der Waals surface area contributed by atoms with Gasteiger partial charge in [0.05, 0.1) is 18.3 Å². The fourth-order valence-corrected chi connectivity index (χ4v) is 2.80. The van der Waals surface area contributed by atoms with Gasteiger partial charge in [0.25, 0.3) is 5.24 Å². The van der Waals surface area contributed by atoms with Crippen LogP contribution in [0.3, 0.4) is 0 Å². The van der Waals surface area contributed by atoms with Crippen molar-refractivity contribution in [3.63, 3.8) is 0 Å². The van der Waals surface area contributed by atoms with E-state index in [2.05, 4.69) is 0 Å². The maximum Gasteiger partial charge on any atom is 0.407 e. The van der Waals surface area contributed by atoms with Crippen LogP contribution in [0, 0.1) is 0 Å². The summed E-state index contributed by atoms with van der Waals surface area (Å²) in [6.45, 7) is -0.149. The third-order valence-corrected chi connectivity index (χ3v) is 3.73. The van der Waals surface area contributed by atoms with Crippen LogP contribution in [0.1, 0.15) is 6.42 Å². The first kappa shape index (κ1) is 12.2. The molecular weight excluding hydrogens is 251 g/mol. The number of imide groups is 1. The van der Waals surface area contributed by atoms with Gasteiger partial charge in [-0.25, -0.2) is 9.18 Å². The van der Waals surface area contributed by atoms with Crippen LogP contribution in [0.2, 0.25) is 0 Å². The molecule has 2 heterocycles. The van der Waals surface area contributed by atoms with Gasteiger partial charge in [-0.1, -0.05) is 11.8 Å². The highest BCUT2D eigenvalue weighted by Crippen LogP contribution is 2.28. The molecule has 1 N–H and O–H groups in total. The molecule has 2 rings (SSSR count). The molecule has 2 saturated heterocycles. The molecule has 6 nitrogen and oxygen atoms in total. The molecule has 0 spiro atoms. The topological polar surface area (TPSA) is 77.9 Å². The number of hydrogen-bond donors (Lipinski definition) is 1. The first-order valence-corrected chi connectivity index (χ1v) is 6.10. The summed E-state index contributed by atoms with van der Waals surface area (Å²) in [4.78, 5) is 35.4. The van der Waals surface area contributed by atoms with Gasteiger partial charge in [-0.05, 0) is 6.42 Å². The lowest BCUT2D eigenvalue weighted by atomic mass is 10.0. The summed E-state index contributed by atoms with van der Waals surface area (Å²) in [7, 11) is 0. The second-order valence-electron chi connectivity index (χ2n) is 3.92. The van der Waals surface area contributed by atoms with Crippen molar-refractivity contribution >= 4 is 29.0 Å². The van der Waals surface area contributed by atoms with Crippen molar-refractivity contribution in [1.82, 2.24) is 9.80 Å². The monoisotopic (exact) mass is 262 g/mol. The van der Waals surface area contributed by atoms with E-state index in [-0.39, 0.29) is 25.3 Å². The summed E-state index contributed by atoms with van der Waals surface area (Å²) in [5.74, 6) is -0.346. The van der Waals surface area contributed by atoms with Crippen molar-refractivity contribution in [3.05, 3.63) is 0 Å². The largest absolute Gasteiger partial charge is 0.465 e. The Labute approximate surface area is 101 Å². The molecule has 17 heavy (non-hydrogen) atoms. The van der Waals surface area contributed by atoms with Gasteiger partial charge in [-0.15, -0.1) is 0 Å². The number of amides is 3. The summed E-state index contributed by atoms with van der Waals surface area (Å²) < 4.78 is 13.8. The van der Waals surface area contributed by atoms with E-state index in [0.717, 1.165) is 21.6 Å². The first-order chi connectivity index (χ1) is 8.00. The average molecular weight is 262 g/mol. The van der Waals surface area contributed by atoms with E-state index in [4.69, 9.17) is 5.11 Å². The van der Waals surface area contributed by atoms with E-state index in [1.807, 2.05) is 0 Å². The van der Waals surface area contributed by atoms with Crippen LogP contribution in [0.15, 0.2) is 0 Å². The van der Waals surface area contributed by atoms with Crippen molar-refractivity contribution in [3.8, 4) is 0 Å². The smallest absolute Gasteiger partial charge is 0.407 e. The standard InChI is InChI=1S/C9H11FN2O4S/c10-5-3-11(8(14)15)2-1-6(5)12-7(13)4-17-9(12)16/h5-6H,1-4H2,(H,14,15)/t5-,6-/m0/s1. The Morgan fingerprint density at radius 1 is 1.47 bits per heavy atom. The number of thioether (sulfide) groups is 1. The SMILES string of the molecule is O=C(O)N1CC[C@H](N2C(=O)CSC2=O)[C@@H](F)C1. The molecule has 0 radical (unpaired) electrons. The van der Waals surface area contributed by atoms with E-state index in [1.165, 1.54) is 0 Å². The molecule has 0 aromatic carbocycles. The minimum absolute atomic E-state index is 0.0463. The Hall–Kier alpha value is -1.31. The number of nitrogens with zero attached hydrogens (tertiary/aromatic N) is 2. The van der Waals surface area contributed by atoms with Crippen LogP contribution in [-0.2, 0) is 4.79 Å². The lowest BCUT2D eigenvalue weighted by Gasteiger charge is -2.36. The number of carbonyl (C=O) groups is 3. The number of hydrogen-bond acceptors (Lipinski definition) is 4. The van der Waals surface area contributed by atoms with E-state index in [1.54, 1.807) is 0 Å². The Morgan fingerprint density at radius 3 is 2.65 bits per heavy atom. The van der Waals surface area contributed by atoms with Gasteiger partial charge in [-0.3, -0.25) is 14.5 Å². The zero-order valence-electron chi connectivity index (χ0n) is 8.84. The molecule has 94 valence electrons. The summed E-state index contributed by atoms with van der Waals surface area (Å²) in [6, 6.07) is -0.819. The minimum Gasteiger partial charge on any atom is -0.465 e. The van der Waals surface area contributed by atoms with Crippen molar-refractivity contribution in [1.29, 1.82) is 0 Å². The maximum atomic E-state index is 13.8. The fourth-order valence-electron chi connectivity index (χ4n) is 2.04. The zero-order valence-corrected chi connectivity index (χ0v) is 9.65. The quantitative estimate of drug-likeness (QED) is 0.755. The van der Waals surface area contributed by atoms with Gasteiger partial charge >= 0.3 is 6.09 Å². The predicted molar refractivity (Wildman–Crippen MR) is 57.6 cm³/mol. The van der Waals surface area contributed by atoms with Crippen LogP contribution in [0.25, 0.3) is 0 Å². The number of rotatable bonds is 1. The molecule has 0 aromatic rings. The number of carboxylic acid groups (broad SMARTS) is 1. The van der Waals surface area contributed by atoms with Crippen LogP contribution >= 0.6 is 11.8 Å². The molecule has 0 aliphatic carbocycles. The van der Waals surface area contributed by atoms with Gasteiger partial charge in [0.1, 0.15) is 6.17 Å². The van der Waals surface area contributed by atoms with Crippen molar-refractivity contribution in [2.75, 3.05) is 18.8 Å². The second-order valence-corrected chi connectivity index (χ2v) is 4.85. The number of alkyl halides is 1. The first-order valence-electron chi connectivity index (χ1n) is 5.11. The normalized spacial score (nSPS) is 29.9. The molecule has 0 saturated carbocycles. The molecule has 0 unspecified atom stereocenters. The number of carbonyl (C=O) groups excluding carboxylic acids is 2. The maximum absolute atomic E-state index is 13.8. The van der Waals surface area contributed by atoms with Crippen LogP contribution in [0.5, 0.6) is 0 Å². The summed E-state index contributed by atoms with van der Waals surface area (Å²) >= 11 is 0.857. The van der Waals surface area contributed by atoms with Crippen LogP contribution in [0.4, 0.5) is 14.0 Å². The molecule has 8 heteroatoms. The molecule has 3 amide bonds. The predicted octanol–water partition coefficient (Wildman–Crippen LogP) is 0.772. The van der Waals surface area contributed by atoms with Gasteiger partial charge in [-0.2, -0.15) is 0 Å². The lowest BCUT2D eigenvalue weighted by Crippen LogP contribution is -2.54. The number of likely N-dealkylation sites (tertiary alicyclic amines) is 1. The molecule has 0 bridgehead atoms. The van der Waals surface area contributed by atoms with Gasteiger partial charge < -0.3 is 10.0 Å². The van der Waals surface area contributed by atoms with E-state index < -0.39 is 29.5 Å². The second kappa shape index (κ2) is 4.52. The van der Waals surface area contributed by atoms with Gasteiger partial charge in [0, 0.05) is 6.54 Å². The molecule has 2 atom stereocenters. The molecule has 2 fully saturated rings. The highest BCUT2D eigenvalue weighted by atomic mass is 32.2. The van der Waals surface area contributed by atoms with E-state index in [0.29, 0.717) is 0 Å². The van der Waals surface area contributed by atoms with Gasteiger partial charge in [0.2, 0.25) is 5.91 Å². The van der Waals surface area contributed by atoms with Gasteiger partial charge in [0.15, 0.2) is 0 Å². The molecule has 2 aliphatic heterocycles. The molecular formula is C9H11FN2O4S. The summed E-state index contributed by atoms with van der Waals surface area (Å²) in [5.41, 5.74) is 0. The zero-order chi connectivity index (χ0) is 12.6. The molecule has 2 aliphatic rings. The Kier molecular flexibility index (Phi) is 3.23. The number of halogens is 1. The van der Waals surface area contributed by atoms with Crippen molar-refractivity contribution < 1.29 is 23.9 Å². The highest BCUT2D eigenvalue weighted by molar-refractivity contribution is 8.14. The Bertz CT molecular complexity index is 362. The van der Waals surface area contributed by atoms with Crippen molar-refractivity contribution in [2.24, 2.45) is 0 Å². The van der Waals surface area contributed by atoms with E-state index in [9.17, 15) is 18.8 Å². The van der Waals surface area contributed by atoms with E-state index >= 15 is 0 Å². The summed E-state index contributed by atoms with van der Waals surface area (Å²) in [6.07, 6.45) is -2.53.